The van der Waals surface area contributed by atoms with Gasteiger partial charge in [-0.3, -0.25) is 14.4 Å². The lowest BCUT2D eigenvalue weighted by Crippen LogP contribution is -2.30. The van der Waals surface area contributed by atoms with Crippen LogP contribution in [-0.2, 0) is 28.6 Å². The lowest BCUT2D eigenvalue weighted by Gasteiger charge is -2.18. The molecule has 65 heavy (non-hydrogen) atoms. The van der Waals surface area contributed by atoms with E-state index in [1.165, 1.54) is 83.5 Å². The van der Waals surface area contributed by atoms with E-state index in [2.05, 4.69) is 93.7 Å². The smallest absolute Gasteiger partial charge is 0.306 e. The van der Waals surface area contributed by atoms with Crippen LogP contribution in [0.5, 0.6) is 0 Å². The largest absolute Gasteiger partial charge is 0.462 e. The fourth-order valence-electron chi connectivity index (χ4n) is 7.19. The van der Waals surface area contributed by atoms with Crippen molar-refractivity contribution in [1.82, 2.24) is 0 Å². The third-order valence-electron chi connectivity index (χ3n) is 11.2. The van der Waals surface area contributed by atoms with Crippen molar-refractivity contribution in [1.29, 1.82) is 0 Å². The molecule has 0 aromatic carbocycles. The number of hydrogen-bond acceptors (Lipinski definition) is 6. The van der Waals surface area contributed by atoms with E-state index in [1.807, 2.05) is 24.3 Å². The number of unbranched alkanes of at least 4 members (excludes halogenated alkanes) is 24. The molecule has 370 valence electrons. The Balaban J connectivity index is 4.47. The molecule has 1 atom stereocenters. The van der Waals surface area contributed by atoms with Gasteiger partial charge in [0.15, 0.2) is 6.10 Å². The highest BCUT2D eigenvalue weighted by molar-refractivity contribution is 5.71. The van der Waals surface area contributed by atoms with Gasteiger partial charge in [0.2, 0.25) is 0 Å². The topological polar surface area (TPSA) is 78.9 Å². The van der Waals surface area contributed by atoms with Crippen molar-refractivity contribution in [2.45, 2.75) is 245 Å². The van der Waals surface area contributed by atoms with Gasteiger partial charge in [-0.15, -0.1) is 0 Å². The average molecular weight is 903 g/mol. The molecule has 6 nitrogen and oxygen atoms in total. The summed E-state index contributed by atoms with van der Waals surface area (Å²) in [4.78, 5) is 38.1. The van der Waals surface area contributed by atoms with Gasteiger partial charge in [0, 0.05) is 19.3 Å². The summed E-state index contributed by atoms with van der Waals surface area (Å²) in [7, 11) is 0. The van der Waals surface area contributed by atoms with Gasteiger partial charge in [-0.05, 0) is 70.6 Å². The van der Waals surface area contributed by atoms with E-state index < -0.39 is 6.10 Å². The molecule has 0 aliphatic carbocycles. The highest BCUT2D eigenvalue weighted by Gasteiger charge is 2.19. The first kappa shape index (κ1) is 61.3. The molecule has 0 rings (SSSR count). The number of ether oxygens (including phenoxy) is 3. The number of carbonyl (C=O) groups is 3. The van der Waals surface area contributed by atoms with Crippen LogP contribution in [0.3, 0.4) is 0 Å². The van der Waals surface area contributed by atoms with Crippen LogP contribution < -0.4 is 0 Å². The summed E-state index contributed by atoms with van der Waals surface area (Å²) in [6, 6.07) is 0. The van der Waals surface area contributed by atoms with E-state index in [4.69, 9.17) is 14.2 Å². The predicted octanol–water partition coefficient (Wildman–Crippen LogP) is 17.8. The maximum absolute atomic E-state index is 12.8. The van der Waals surface area contributed by atoms with Gasteiger partial charge in [-0.2, -0.15) is 0 Å². The van der Waals surface area contributed by atoms with Gasteiger partial charge in [0.25, 0.3) is 0 Å². The number of esters is 3. The molecule has 0 bridgehead atoms. The van der Waals surface area contributed by atoms with E-state index in [1.54, 1.807) is 0 Å². The van der Waals surface area contributed by atoms with Crippen molar-refractivity contribution in [2.75, 3.05) is 13.2 Å². The lowest BCUT2D eigenvalue weighted by atomic mass is 10.0. The van der Waals surface area contributed by atoms with E-state index in [-0.39, 0.29) is 31.1 Å². The quantitative estimate of drug-likeness (QED) is 0.0199. The number of hydrogen-bond donors (Lipinski definition) is 0. The van der Waals surface area contributed by atoms with Crippen molar-refractivity contribution >= 4 is 17.9 Å². The summed E-state index contributed by atoms with van der Waals surface area (Å²) < 4.78 is 16.8. The van der Waals surface area contributed by atoms with E-state index in [9.17, 15) is 14.4 Å². The Labute approximate surface area is 400 Å². The van der Waals surface area contributed by atoms with Crippen LogP contribution in [0.2, 0.25) is 0 Å². The van der Waals surface area contributed by atoms with Crippen LogP contribution in [-0.4, -0.2) is 37.2 Å². The van der Waals surface area contributed by atoms with Crippen LogP contribution in [0, 0.1) is 0 Å². The summed E-state index contributed by atoms with van der Waals surface area (Å²) in [5, 5.41) is 0. The molecule has 6 heteroatoms. The summed E-state index contributed by atoms with van der Waals surface area (Å²) in [5.74, 6) is -0.940. The molecule has 0 spiro atoms. The van der Waals surface area contributed by atoms with Gasteiger partial charge < -0.3 is 14.2 Å². The maximum Gasteiger partial charge on any atom is 0.306 e. The number of rotatable bonds is 47. The molecule has 0 aromatic rings. The molecule has 0 fully saturated rings. The number of allylic oxidation sites excluding steroid dienone is 16. The minimum atomic E-state index is -0.797. The molecule has 0 aromatic heterocycles. The van der Waals surface area contributed by atoms with Crippen LogP contribution in [0.25, 0.3) is 0 Å². The molecule has 0 aliphatic rings. The monoisotopic (exact) mass is 903 g/mol. The molecule has 0 saturated carbocycles. The summed E-state index contributed by atoms with van der Waals surface area (Å²) in [6.45, 7) is 6.40. The zero-order valence-electron chi connectivity index (χ0n) is 42.2. The molecule has 1 unspecified atom stereocenters. The third kappa shape index (κ3) is 51.2. The second-order valence-corrected chi connectivity index (χ2v) is 17.5. The molecule has 0 radical (unpaired) electrons. The standard InChI is InChI=1S/C59H98O6/c1-4-7-10-13-16-19-22-25-28-29-30-32-34-37-40-43-46-49-52-58(61)64-55-56(54-63-57(60)51-48-45-42-39-36-33-27-24-21-18-15-12-9-6-3)65-59(62)53-50-47-44-41-38-35-31-26-23-20-17-14-11-8-5-2/h9-10,12-13,16,18-19,21-22,25,27-30,32-33,56H,4-8,11,14-15,17,20,23-24,26,31,34-55H2,1-3H3/b12-9-,13-10-,19-16-,21-18-,25-22-,29-28-,32-30-,33-27-. The SMILES string of the molecule is CC/C=C\C/C=C\C/C=C\CCCCCCC(=O)OCC(COC(=O)CCCCCCC\C=C/C=C\C=C/C=C\C=C/CCC)OC(=O)CCCCCCCCCCCCCCCCC. The summed E-state index contributed by atoms with van der Waals surface area (Å²) in [6.07, 6.45) is 69.5. The second-order valence-electron chi connectivity index (χ2n) is 17.5. The minimum Gasteiger partial charge on any atom is -0.462 e. The first-order valence-electron chi connectivity index (χ1n) is 26.8. The van der Waals surface area contributed by atoms with E-state index in [0.717, 1.165) is 116 Å². The Morgan fingerprint density at radius 3 is 1.14 bits per heavy atom. The van der Waals surface area contributed by atoms with Gasteiger partial charge in [-0.1, -0.05) is 246 Å². The molecular formula is C59H98O6. The highest BCUT2D eigenvalue weighted by atomic mass is 16.6. The Hall–Kier alpha value is -3.67. The van der Waals surface area contributed by atoms with Gasteiger partial charge in [-0.25, -0.2) is 0 Å². The Bertz CT molecular complexity index is 1310. The fourth-order valence-corrected chi connectivity index (χ4v) is 7.19. The third-order valence-corrected chi connectivity index (χ3v) is 11.2. The molecule has 0 amide bonds. The first-order chi connectivity index (χ1) is 32.0. The van der Waals surface area contributed by atoms with Crippen molar-refractivity contribution in [2.24, 2.45) is 0 Å². The first-order valence-corrected chi connectivity index (χ1v) is 26.8. The van der Waals surface area contributed by atoms with Gasteiger partial charge >= 0.3 is 17.9 Å². The Kier molecular flexibility index (Phi) is 50.0. The van der Waals surface area contributed by atoms with Crippen LogP contribution in [0.4, 0.5) is 0 Å². The van der Waals surface area contributed by atoms with Crippen LogP contribution in [0.1, 0.15) is 239 Å². The minimum absolute atomic E-state index is 0.0971. The normalized spacial score (nSPS) is 12.8. The Morgan fingerprint density at radius 1 is 0.338 bits per heavy atom. The highest BCUT2D eigenvalue weighted by Crippen LogP contribution is 2.15. The predicted molar refractivity (Wildman–Crippen MR) is 279 cm³/mol. The Morgan fingerprint density at radius 2 is 0.692 bits per heavy atom. The van der Waals surface area contributed by atoms with Gasteiger partial charge in [0.05, 0.1) is 0 Å². The average Bonchev–Trinajstić information content (AvgIpc) is 3.30. The zero-order valence-corrected chi connectivity index (χ0v) is 42.2. The fraction of sp³-hybridized carbons (Fsp3) is 0.678. The van der Waals surface area contributed by atoms with Gasteiger partial charge in [0.1, 0.15) is 13.2 Å². The second kappa shape index (κ2) is 52.9. The maximum atomic E-state index is 12.8. The van der Waals surface area contributed by atoms with Crippen molar-refractivity contribution in [3.63, 3.8) is 0 Å². The molecule has 0 aliphatic heterocycles. The van der Waals surface area contributed by atoms with Crippen molar-refractivity contribution < 1.29 is 28.6 Å². The molecule has 0 saturated heterocycles. The summed E-state index contributed by atoms with van der Waals surface area (Å²) >= 11 is 0. The number of carbonyl (C=O) groups excluding carboxylic acids is 3. The van der Waals surface area contributed by atoms with E-state index >= 15 is 0 Å². The molecule has 0 N–H and O–H groups in total. The lowest BCUT2D eigenvalue weighted by molar-refractivity contribution is -0.167. The summed E-state index contributed by atoms with van der Waals surface area (Å²) in [5.41, 5.74) is 0. The zero-order chi connectivity index (χ0) is 47.2. The molecule has 0 heterocycles. The van der Waals surface area contributed by atoms with Crippen LogP contribution in [0.15, 0.2) is 97.2 Å². The van der Waals surface area contributed by atoms with Crippen molar-refractivity contribution in [3.8, 4) is 0 Å². The van der Waals surface area contributed by atoms with Crippen molar-refractivity contribution in [3.05, 3.63) is 97.2 Å². The van der Waals surface area contributed by atoms with E-state index in [0.29, 0.717) is 19.3 Å². The molecular weight excluding hydrogens is 805 g/mol. The van der Waals surface area contributed by atoms with Crippen LogP contribution >= 0.6 is 0 Å².